The van der Waals surface area contributed by atoms with E-state index in [9.17, 15) is 0 Å². The van der Waals surface area contributed by atoms with Crippen molar-refractivity contribution < 1.29 is 0 Å². The van der Waals surface area contributed by atoms with Crippen molar-refractivity contribution in [2.45, 2.75) is 32.0 Å². The molecule has 0 saturated heterocycles. The first-order valence-corrected chi connectivity index (χ1v) is 8.50. The van der Waals surface area contributed by atoms with Crippen molar-refractivity contribution in [2.24, 2.45) is 0 Å². The lowest BCUT2D eigenvalue weighted by atomic mass is 10.1. The quantitative estimate of drug-likeness (QED) is 0.639. The van der Waals surface area contributed by atoms with E-state index in [-0.39, 0.29) is 12.1 Å². The molecule has 1 N–H and O–H groups in total. The van der Waals surface area contributed by atoms with Crippen LogP contribution in [0, 0.1) is 0 Å². The Labute approximate surface area is 148 Å². The molecule has 0 aliphatic carbocycles. The second-order valence-corrected chi connectivity index (χ2v) is 6.04. The molecule has 0 bridgehead atoms. The summed E-state index contributed by atoms with van der Waals surface area (Å²) in [5.74, 6) is 0.693. The van der Waals surface area contributed by atoms with Gasteiger partial charge in [-0.15, -0.1) is 16.8 Å². The van der Waals surface area contributed by atoms with E-state index in [2.05, 4.69) is 58.5 Å². The molecule has 0 spiro atoms. The van der Waals surface area contributed by atoms with Gasteiger partial charge in [0.15, 0.2) is 5.82 Å². The molecule has 0 radical (unpaired) electrons. The Morgan fingerprint density at radius 1 is 1.08 bits per heavy atom. The van der Waals surface area contributed by atoms with Gasteiger partial charge in [-0.3, -0.25) is 0 Å². The third-order valence-electron chi connectivity index (χ3n) is 4.10. The lowest BCUT2D eigenvalue weighted by molar-refractivity contribution is 0.449. The van der Waals surface area contributed by atoms with Gasteiger partial charge in [-0.25, -0.2) is 0 Å². The van der Waals surface area contributed by atoms with Crippen molar-refractivity contribution in [3.63, 3.8) is 0 Å². The van der Waals surface area contributed by atoms with Gasteiger partial charge in [0.25, 0.3) is 0 Å². The van der Waals surface area contributed by atoms with E-state index in [0.29, 0.717) is 12.4 Å². The van der Waals surface area contributed by atoms with Crippen LogP contribution in [-0.4, -0.2) is 20.2 Å². The van der Waals surface area contributed by atoms with Gasteiger partial charge in [-0.1, -0.05) is 66.7 Å². The molecule has 3 aromatic rings. The predicted octanol–water partition coefficient (Wildman–Crippen LogP) is 3.69. The molecule has 0 aliphatic heterocycles. The highest BCUT2D eigenvalue weighted by Crippen LogP contribution is 2.20. The minimum atomic E-state index is -0.0165. The van der Waals surface area contributed by atoms with E-state index in [4.69, 9.17) is 0 Å². The van der Waals surface area contributed by atoms with Gasteiger partial charge in [-0.05, 0) is 29.7 Å². The molecule has 5 nitrogen and oxygen atoms in total. The third kappa shape index (κ3) is 4.61. The Morgan fingerprint density at radius 2 is 1.76 bits per heavy atom. The molecule has 0 amide bonds. The first kappa shape index (κ1) is 17.0. The second kappa shape index (κ2) is 8.35. The van der Waals surface area contributed by atoms with Gasteiger partial charge in [0.05, 0.1) is 12.6 Å². The van der Waals surface area contributed by atoms with E-state index in [0.717, 1.165) is 12.0 Å². The normalized spacial score (nSPS) is 13.3. The monoisotopic (exact) mass is 333 g/mol. The van der Waals surface area contributed by atoms with Gasteiger partial charge in [0.1, 0.15) is 0 Å². The number of benzene rings is 2. The molecule has 0 aliphatic rings. The first-order valence-electron chi connectivity index (χ1n) is 8.50. The number of nitrogens with zero attached hydrogens (tertiary/aromatic N) is 4. The molecule has 2 atom stereocenters. The van der Waals surface area contributed by atoms with Crippen LogP contribution in [0.4, 0.5) is 0 Å². The molecule has 5 heteroatoms. The number of hydrogen-bond donors (Lipinski definition) is 1. The summed E-state index contributed by atoms with van der Waals surface area (Å²) in [6.07, 6.45) is 2.63. The van der Waals surface area contributed by atoms with Gasteiger partial charge >= 0.3 is 0 Å². The summed E-state index contributed by atoms with van der Waals surface area (Å²) < 4.78 is 0. The Morgan fingerprint density at radius 3 is 2.44 bits per heavy atom. The Kier molecular flexibility index (Phi) is 5.69. The zero-order chi connectivity index (χ0) is 17.5. The second-order valence-electron chi connectivity index (χ2n) is 6.04. The molecule has 1 unspecified atom stereocenters. The zero-order valence-corrected chi connectivity index (χ0v) is 14.4. The maximum atomic E-state index is 4.56. The van der Waals surface area contributed by atoms with E-state index >= 15 is 0 Å². The van der Waals surface area contributed by atoms with Crippen LogP contribution in [0.5, 0.6) is 0 Å². The standard InChI is InChI=1S/C20H23N5/c1-3-10-19(21-16(2)18-13-8-5-9-14-18)20-22-24-25(23-20)15-17-11-6-4-7-12-17/h3-9,11-14,16,19,21H,1,10,15H2,2H3/t16-,19?/m1/s1. The summed E-state index contributed by atoms with van der Waals surface area (Å²) in [4.78, 5) is 1.63. The molecule has 128 valence electrons. The SMILES string of the molecule is C=CCC(N[C@H](C)c1ccccc1)c1nnn(Cc2ccccc2)n1. The summed E-state index contributed by atoms with van der Waals surface area (Å²) >= 11 is 0. The predicted molar refractivity (Wildman–Crippen MR) is 98.9 cm³/mol. The minimum absolute atomic E-state index is 0.0165. The highest BCUT2D eigenvalue weighted by atomic mass is 15.6. The maximum Gasteiger partial charge on any atom is 0.191 e. The van der Waals surface area contributed by atoms with Crippen molar-refractivity contribution in [1.82, 2.24) is 25.5 Å². The van der Waals surface area contributed by atoms with Gasteiger partial charge < -0.3 is 5.32 Å². The Hall–Kier alpha value is -2.79. The van der Waals surface area contributed by atoms with E-state index in [1.54, 1.807) is 4.80 Å². The van der Waals surface area contributed by atoms with Crippen LogP contribution >= 0.6 is 0 Å². The molecular weight excluding hydrogens is 310 g/mol. The van der Waals surface area contributed by atoms with Crippen LogP contribution in [0.1, 0.15) is 42.4 Å². The van der Waals surface area contributed by atoms with Crippen LogP contribution in [0.3, 0.4) is 0 Å². The number of aromatic nitrogens is 4. The molecule has 0 saturated carbocycles. The van der Waals surface area contributed by atoms with Crippen LogP contribution < -0.4 is 5.32 Å². The topological polar surface area (TPSA) is 55.6 Å². The molecule has 1 heterocycles. The Bertz CT molecular complexity index is 782. The van der Waals surface area contributed by atoms with Crippen molar-refractivity contribution in [2.75, 3.05) is 0 Å². The zero-order valence-electron chi connectivity index (χ0n) is 14.4. The number of tetrazole rings is 1. The molecule has 25 heavy (non-hydrogen) atoms. The highest BCUT2D eigenvalue weighted by Gasteiger charge is 2.19. The molecular formula is C20H23N5. The summed E-state index contributed by atoms with van der Waals surface area (Å²) in [5, 5.41) is 16.6. The summed E-state index contributed by atoms with van der Waals surface area (Å²) in [7, 11) is 0. The summed E-state index contributed by atoms with van der Waals surface area (Å²) in [6, 6.07) is 20.6. The van der Waals surface area contributed by atoms with Crippen molar-refractivity contribution in [1.29, 1.82) is 0 Å². The summed E-state index contributed by atoms with van der Waals surface area (Å²) in [6.45, 7) is 6.61. The molecule has 0 fully saturated rings. The number of hydrogen-bond acceptors (Lipinski definition) is 4. The van der Waals surface area contributed by atoms with Crippen molar-refractivity contribution >= 4 is 0 Å². The van der Waals surface area contributed by atoms with Crippen LogP contribution in [-0.2, 0) is 6.54 Å². The summed E-state index contributed by atoms with van der Waals surface area (Å²) in [5.41, 5.74) is 2.38. The van der Waals surface area contributed by atoms with Crippen LogP contribution in [0.15, 0.2) is 73.3 Å². The fourth-order valence-corrected chi connectivity index (χ4v) is 2.76. The third-order valence-corrected chi connectivity index (χ3v) is 4.10. The van der Waals surface area contributed by atoms with Crippen LogP contribution in [0.25, 0.3) is 0 Å². The fourth-order valence-electron chi connectivity index (χ4n) is 2.76. The molecule has 1 aromatic heterocycles. The lowest BCUT2D eigenvalue weighted by Crippen LogP contribution is -2.25. The lowest BCUT2D eigenvalue weighted by Gasteiger charge is -2.20. The largest absolute Gasteiger partial charge is 0.300 e. The van der Waals surface area contributed by atoms with E-state index < -0.39 is 0 Å². The van der Waals surface area contributed by atoms with Gasteiger partial charge in [-0.2, -0.15) is 4.80 Å². The first-order chi connectivity index (χ1) is 12.3. The average molecular weight is 333 g/mol. The van der Waals surface area contributed by atoms with Crippen molar-refractivity contribution in [3.8, 4) is 0 Å². The number of rotatable bonds is 8. The number of nitrogens with one attached hydrogen (secondary N) is 1. The maximum absolute atomic E-state index is 4.56. The molecule has 3 rings (SSSR count). The van der Waals surface area contributed by atoms with E-state index in [1.165, 1.54) is 5.56 Å². The highest BCUT2D eigenvalue weighted by molar-refractivity contribution is 5.18. The van der Waals surface area contributed by atoms with Crippen molar-refractivity contribution in [3.05, 3.63) is 90.3 Å². The Balaban J connectivity index is 1.71. The smallest absolute Gasteiger partial charge is 0.191 e. The fraction of sp³-hybridized carbons (Fsp3) is 0.250. The van der Waals surface area contributed by atoms with Crippen LogP contribution in [0.2, 0.25) is 0 Å². The van der Waals surface area contributed by atoms with E-state index in [1.807, 2.05) is 42.5 Å². The molecule has 2 aromatic carbocycles. The van der Waals surface area contributed by atoms with Gasteiger partial charge in [0.2, 0.25) is 0 Å². The average Bonchev–Trinajstić information content (AvgIpc) is 3.11. The van der Waals surface area contributed by atoms with Gasteiger partial charge in [0, 0.05) is 6.04 Å². The minimum Gasteiger partial charge on any atom is -0.300 e.